The van der Waals surface area contributed by atoms with E-state index >= 15 is 0 Å². The molecule has 3 unspecified atom stereocenters. The third-order valence-corrected chi connectivity index (χ3v) is 6.43. The van der Waals surface area contributed by atoms with Gasteiger partial charge in [-0.05, 0) is 20.3 Å². The molecule has 1 N–H and O–H groups in total. The zero-order valence-electron chi connectivity index (χ0n) is 17.1. The van der Waals surface area contributed by atoms with Gasteiger partial charge in [0.05, 0.1) is 11.8 Å². The van der Waals surface area contributed by atoms with E-state index in [0.29, 0.717) is 18.1 Å². The van der Waals surface area contributed by atoms with Crippen LogP contribution in [0.5, 0.6) is 0 Å². The van der Waals surface area contributed by atoms with Crippen LogP contribution < -0.4 is 5.32 Å². The summed E-state index contributed by atoms with van der Waals surface area (Å²) in [6.45, 7) is 15.2. The molecule has 2 aliphatic heterocycles. The molecular weight excluding hydrogens is 342 g/mol. The molecular formula is C20H33N5O2. The molecule has 3 fully saturated rings. The molecule has 150 valence electrons. The maximum absolute atomic E-state index is 5.94. The Balaban J connectivity index is 1.34. The van der Waals surface area contributed by atoms with Crippen LogP contribution in [-0.4, -0.2) is 72.4 Å². The van der Waals surface area contributed by atoms with Crippen LogP contribution in [0.1, 0.15) is 38.6 Å². The Kier molecular flexibility index (Phi) is 5.16. The van der Waals surface area contributed by atoms with E-state index in [9.17, 15) is 0 Å². The van der Waals surface area contributed by atoms with Gasteiger partial charge in [0.25, 0.3) is 0 Å². The molecule has 1 saturated carbocycles. The van der Waals surface area contributed by atoms with Crippen LogP contribution in [0.2, 0.25) is 0 Å². The molecule has 1 aromatic heterocycles. The van der Waals surface area contributed by atoms with Crippen molar-refractivity contribution in [3.8, 4) is 0 Å². The molecule has 0 amide bonds. The highest BCUT2D eigenvalue weighted by atomic mass is 16.5. The molecule has 0 radical (unpaired) electrons. The van der Waals surface area contributed by atoms with E-state index < -0.39 is 0 Å². The van der Waals surface area contributed by atoms with Gasteiger partial charge in [-0.25, -0.2) is 0 Å². The summed E-state index contributed by atoms with van der Waals surface area (Å²) in [6, 6.07) is 2.47. The quantitative estimate of drug-likeness (QED) is 0.640. The van der Waals surface area contributed by atoms with E-state index in [1.165, 1.54) is 0 Å². The lowest BCUT2D eigenvalue weighted by Crippen LogP contribution is -2.68. The fraction of sp³-hybridized carbons (Fsp3) is 0.800. The molecule has 1 aliphatic carbocycles. The average molecular weight is 376 g/mol. The lowest BCUT2D eigenvalue weighted by molar-refractivity contribution is -0.107. The fourth-order valence-electron chi connectivity index (χ4n) is 4.98. The van der Waals surface area contributed by atoms with Crippen LogP contribution in [0.4, 0.5) is 0 Å². The summed E-state index contributed by atoms with van der Waals surface area (Å²) in [5.41, 5.74) is 1.19. The first-order chi connectivity index (χ1) is 13.0. The number of fused-ring (bicyclic) bond motifs is 1. The molecule has 3 heterocycles. The number of aromatic nitrogens is 1. The molecule has 4 rings (SSSR count). The molecule has 3 aliphatic rings. The van der Waals surface area contributed by atoms with E-state index in [-0.39, 0.29) is 5.41 Å². The van der Waals surface area contributed by atoms with Crippen molar-refractivity contribution in [2.75, 3.05) is 39.3 Å². The van der Waals surface area contributed by atoms with Crippen LogP contribution in [0.15, 0.2) is 15.6 Å². The summed E-state index contributed by atoms with van der Waals surface area (Å²) in [6.07, 6.45) is 1.57. The first kappa shape index (κ1) is 18.7. The molecule has 2 saturated heterocycles. The van der Waals surface area contributed by atoms with Gasteiger partial charge in [-0.15, -0.1) is 0 Å². The van der Waals surface area contributed by atoms with Gasteiger partial charge >= 0.3 is 0 Å². The Labute approximate surface area is 162 Å². The monoisotopic (exact) mass is 375 g/mol. The summed E-state index contributed by atoms with van der Waals surface area (Å²) in [4.78, 5) is 9.65. The summed E-state index contributed by atoms with van der Waals surface area (Å²) in [7, 11) is 0. The third kappa shape index (κ3) is 3.59. The highest BCUT2D eigenvalue weighted by molar-refractivity contribution is 5.80. The predicted octanol–water partition coefficient (Wildman–Crippen LogP) is 1.88. The van der Waals surface area contributed by atoms with Crippen molar-refractivity contribution >= 4 is 5.96 Å². The second kappa shape index (κ2) is 7.43. The number of aryl methyl sites for hydroxylation is 1. The van der Waals surface area contributed by atoms with Crippen LogP contribution >= 0.6 is 0 Å². The van der Waals surface area contributed by atoms with E-state index in [1.54, 1.807) is 0 Å². The van der Waals surface area contributed by atoms with E-state index in [2.05, 4.69) is 41.0 Å². The summed E-state index contributed by atoms with van der Waals surface area (Å²) in [5, 5.41) is 7.92. The van der Waals surface area contributed by atoms with Gasteiger partial charge in [-0.3, -0.25) is 9.89 Å². The van der Waals surface area contributed by atoms with Crippen molar-refractivity contribution < 1.29 is 9.26 Å². The largest absolute Gasteiger partial charge is 0.377 e. The number of piperazine rings is 1. The van der Waals surface area contributed by atoms with E-state index in [4.69, 9.17) is 14.3 Å². The van der Waals surface area contributed by atoms with Gasteiger partial charge in [0.1, 0.15) is 5.76 Å². The third-order valence-electron chi connectivity index (χ3n) is 6.43. The number of rotatable bonds is 4. The van der Waals surface area contributed by atoms with Crippen LogP contribution in [0.3, 0.4) is 0 Å². The van der Waals surface area contributed by atoms with Gasteiger partial charge in [0, 0.05) is 69.3 Å². The highest BCUT2D eigenvalue weighted by Crippen LogP contribution is 2.52. The first-order valence-electron chi connectivity index (χ1n) is 10.3. The zero-order chi connectivity index (χ0) is 19.0. The number of nitrogens with zero attached hydrogens (tertiary/aromatic N) is 4. The maximum Gasteiger partial charge on any atom is 0.194 e. The molecule has 27 heavy (non-hydrogen) atoms. The van der Waals surface area contributed by atoms with Crippen molar-refractivity contribution in [3.05, 3.63) is 17.5 Å². The number of ether oxygens (including phenoxy) is 1. The molecule has 1 aromatic rings. The van der Waals surface area contributed by atoms with Crippen molar-refractivity contribution in [1.29, 1.82) is 0 Å². The van der Waals surface area contributed by atoms with E-state index in [1.807, 2.05) is 13.0 Å². The number of aliphatic imine (C=N–C) groups is 1. The fourth-order valence-corrected chi connectivity index (χ4v) is 4.98. The van der Waals surface area contributed by atoms with Crippen LogP contribution in [0, 0.1) is 18.3 Å². The highest BCUT2D eigenvalue weighted by Gasteiger charge is 2.59. The lowest BCUT2D eigenvalue weighted by atomic mass is 9.57. The van der Waals surface area contributed by atoms with Gasteiger partial charge in [-0.1, -0.05) is 19.0 Å². The van der Waals surface area contributed by atoms with E-state index in [0.717, 1.165) is 69.7 Å². The normalized spacial score (nSPS) is 30.9. The van der Waals surface area contributed by atoms with Crippen molar-refractivity contribution in [2.45, 2.75) is 52.8 Å². The minimum absolute atomic E-state index is 0.169. The van der Waals surface area contributed by atoms with Gasteiger partial charge in [0.15, 0.2) is 5.96 Å². The Hall–Kier alpha value is -1.60. The van der Waals surface area contributed by atoms with Crippen molar-refractivity contribution in [3.63, 3.8) is 0 Å². The molecule has 0 spiro atoms. The Morgan fingerprint density at radius 2 is 2.11 bits per heavy atom. The number of hydrogen-bond donors (Lipinski definition) is 1. The summed E-state index contributed by atoms with van der Waals surface area (Å²) < 4.78 is 11.1. The van der Waals surface area contributed by atoms with Gasteiger partial charge in [0.2, 0.25) is 0 Å². The molecule has 7 heteroatoms. The second-order valence-corrected chi connectivity index (χ2v) is 8.68. The number of nitrogens with one attached hydrogen (secondary N) is 1. The minimum atomic E-state index is 0.169. The second-order valence-electron chi connectivity index (χ2n) is 8.68. The standard InChI is InChI=1S/C20H33N5O2/c1-5-21-19(22-17-16-6-11-26-18(16)20(17,3)4)25-9-7-24(8-10-25)13-15-12-14(2)27-23-15/h12,16-18H,5-11,13H2,1-4H3,(H,21,22). The topological polar surface area (TPSA) is 66.1 Å². The first-order valence-corrected chi connectivity index (χ1v) is 10.3. The zero-order valence-corrected chi connectivity index (χ0v) is 17.1. The Morgan fingerprint density at radius 1 is 1.33 bits per heavy atom. The average Bonchev–Trinajstić information content (AvgIpc) is 3.27. The molecule has 7 nitrogen and oxygen atoms in total. The predicted molar refractivity (Wildman–Crippen MR) is 105 cm³/mol. The van der Waals surface area contributed by atoms with Crippen molar-refractivity contribution in [2.24, 2.45) is 16.3 Å². The summed E-state index contributed by atoms with van der Waals surface area (Å²) in [5.74, 6) is 2.57. The smallest absolute Gasteiger partial charge is 0.194 e. The van der Waals surface area contributed by atoms with Gasteiger partial charge < -0.3 is 19.5 Å². The number of guanidine groups is 1. The minimum Gasteiger partial charge on any atom is -0.377 e. The molecule has 3 atom stereocenters. The molecule has 0 aromatic carbocycles. The van der Waals surface area contributed by atoms with Gasteiger partial charge in [-0.2, -0.15) is 0 Å². The SMILES string of the molecule is CCN=C(NC1C2CCOC2C1(C)C)N1CCN(Cc2cc(C)on2)CC1. The van der Waals surface area contributed by atoms with Crippen LogP contribution in [-0.2, 0) is 11.3 Å². The molecule has 0 bridgehead atoms. The van der Waals surface area contributed by atoms with Crippen LogP contribution in [0.25, 0.3) is 0 Å². The Morgan fingerprint density at radius 3 is 2.78 bits per heavy atom. The lowest BCUT2D eigenvalue weighted by Gasteiger charge is -2.55. The Bertz CT molecular complexity index is 678. The summed E-state index contributed by atoms with van der Waals surface area (Å²) >= 11 is 0. The van der Waals surface area contributed by atoms with Crippen molar-refractivity contribution in [1.82, 2.24) is 20.3 Å². The number of hydrogen-bond acceptors (Lipinski definition) is 5. The maximum atomic E-state index is 5.94.